The summed E-state index contributed by atoms with van der Waals surface area (Å²) in [5, 5.41) is 14.4. The molecule has 0 aliphatic heterocycles. The maximum Gasteiger partial charge on any atom is 0.319 e. The number of fused-ring (bicyclic) bond motifs is 1. The standard InChI is InChI=1S/C20H23N5O2/c1-4-15(21-20(27)22-17-10-9-13(2)11-14(17)3)12-25-19(26)16-7-5-6-8-18(16)23-24-25/h5-11,15H,4,12H2,1-3H3,(H2,21,22,27)/t15-/m1/s1. The smallest absolute Gasteiger partial charge is 0.319 e. The normalized spacial score (nSPS) is 12.0. The fraction of sp³-hybridized carbons (Fsp3) is 0.300. The lowest BCUT2D eigenvalue weighted by atomic mass is 10.1. The van der Waals surface area contributed by atoms with E-state index in [0.717, 1.165) is 16.8 Å². The minimum absolute atomic E-state index is 0.212. The quantitative estimate of drug-likeness (QED) is 0.727. The number of aromatic nitrogens is 3. The number of hydrogen-bond donors (Lipinski definition) is 2. The second kappa shape index (κ2) is 7.99. The molecule has 0 saturated heterocycles. The molecule has 0 spiro atoms. The van der Waals surface area contributed by atoms with E-state index in [1.54, 1.807) is 18.2 Å². The average molecular weight is 365 g/mol. The lowest BCUT2D eigenvalue weighted by molar-refractivity contribution is 0.245. The number of anilines is 1. The molecule has 1 atom stereocenters. The van der Waals surface area contributed by atoms with E-state index in [9.17, 15) is 9.59 Å². The molecule has 140 valence electrons. The number of nitrogens with zero attached hydrogens (tertiary/aromatic N) is 3. The van der Waals surface area contributed by atoms with Crippen LogP contribution in [0.2, 0.25) is 0 Å². The Hall–Kier alpha value is -3.22. The van der Waals surface area contributed by atoms with Gasteiger partial charge in [-0.3, -0.25) is 4.79 Å². The van der Waals surface area contributed by atoms with E-state index in [1.165, 1.54) is 4.68 Å². The fourth-order valence-electron chi connectivity index (χ4n) is 2.93. The van der Waals surface area contributed by atoms with Crippen molar-refractivity contribution in [3.8, 4) is 0 Å². The predicted molar refractivity (Wildman–Crippen MR) is 106 cm³/mol. The molecule has 7 heteroatoms. The highest BCUT2D eigenvalue weighted by molar-refractivity contribution is 5.90. The van der Waals surface area contributed by atoms with Gasteiger partial charge in [0.15, 0.2) is 0 Å². The summed E-state index contributed by atoms with van der Waals surface area (Å²) in [6, 6.07) is 12.4. The van der Waals surface area contributed by atoms with Gasteiger partial charge in [-0.1, -0.05) is 42.0 Å². The molecule has 0 fully saturated rings. The van der Waals surface area contributed by atoms with Gasteiger partial charge >= 0.3 is 6.03 Å². The van der Waals surface area contributed by atoms with Gasteiger partial charge in [0.25, 0.3) is 5.56 Å². The molecule has 2 aromatic carbocycles. The molecule has 0 aliphatic rings. The lowest BCUT2D eigenvalue weighted by Crippen LogP contribution is -2.42. The number of carbonyl (C=O) groups excluding carboxylic acids is 1. The molecule has 0 bridgehead atoms. The third-order valence-electron chi connectivity index (χ3n) is 4.48. The van der Waals surface area contributed by atoms with Crippen LogP contribution in [-0.2, 0) is 6.54 Å². The maximum atomic E-state index is 12.6. The minimum Gasteiger partial charge on any atom is -0.333 e. The molecular weight excluding hydrogens is 342 g/mol. The van der Waals surface area contributed by atoms with Gasteiger partial charge in [-0.15, -0.1) is 5.10 Å². The Balaban J connectivity index is 1.71. The van der Waals surface area contributed by atoms with Gasteiger partial charge in [0.1, 0.15) is 5.52 Å². The van der Waals surface area contributed by atoms with E-state index >= 15 is 0 Å². The van der Waals surface area contributed by atoms with Gasteiger partial charge < -0.3 is 10.6 Å². The zero-order valence-electron chi connectivity index (χ0n) is 15.7. The summed E-state index contributed by atoms with van der Waals surface area (Å²) in [6.07, 6.45) is 0.654. The molecule has 0 aliphatic carbocycles. The zero-order chi connectivity index (χ0) is 19.4. The van der Waals surface area contributed by atoms with Crippen molar-refractivity contribution in [3.05, 3.63) is 63.9 Å². The molecule has 27 heavy (non-hydrogen) atoms. The van der Waals surface area contributed by atoms with Crippen molar-refractivity contribution in [2.75, 3.05) is 5.32 Å². The number of benzene rings is 2. The van der Waals surface area contributed by atoms with E-state index in [4.69, 9.17) is 0 Å². The highest BCUT2D eigenvalue weighted by atomic mass is 16.2. The molecule has 3 aromatic rings. The summed E-state index contributed by atoms with van der Waals surface area (Å²) >= 11 is 0. The zero-order valence-corrected chi connectivity index (χ0v) is 15.7. The summed E-state index contributed by atoms with van der Waals surface area (Å²) in [4.78, 5) is 24.9. The first-order valence-electron chi connectivity index (χ1n) is 8.95. The van der Waals surface area contributed by atoms with Crippen LogP contribution in [0.15, 0.2) is 47.3 Å². The van der Waals surface area contributed by atoms with Crippen LogP contribution >= 0.6 is 0 Å². The number of aryl methyl sites for hydroxylation is 2. The van der Waals surface area contributed by atoms with E-state index < -0.39 is 0 Å². The molecule has 0 radical (unpaired) electrons. The van der Waals surface area contributed by atoms with Gasteiger partial charge in [-0.25, -0.2) is 9.48 Å². The van der Waals surface area contributed by atoms with Crippen LogP contribution in [0.1, 0.15) is 24.5 Å². The van der Waals surface area contributed by atoms with Crippen molar-refractivity contribution in [2.24, 2.45) is 0 Å². The van der Waals surface area contributed by atoms with Crippen molar-refractivity contribution in [3.63, 3.8) is 0 Å². The van der Waals surface area contributed by atoms with Crippen LogP contribution in [-0.4, -0.2) is 27.1 Å². The summed E-state index contributed by atoms with van der Waals surface area (Å²) in [5.74, 6) is 0. The van der Waals surface area contributed by atoms with Gasteiger partial charge in [0.05, 0.1) is 18.0 Å². The highest BCUT2D eigenvalue weighted by Crippen LogP contribution is 2.15. The topological polar surface area (TPSA) is 88.9 Å². The Morgan fingerprint density at radius 1 is 1.19 bits per heavy atom. The SMILES string of the molecule is CC[C@H](Cn1nnc2ccccc2c1=O)NC(=O)Nc1ccc(C)cc1C. The number of nitrogens with one attached hydrogen (secondary N) is 2. The Bertz CT molecular complexity index is 1030. The Kier molecular flexibility index (Phi) is 5.49. The summed E-state index contributed by atoms with van der Waals surface area (Å²) in [5.41, 5.74) is 3.24. The van der Waals surface area contributed by atoms with Gasteiger partial charge in [-0.05, 0) is 44.0 Å². The average Bonchev–Trinajstić information content (AvgIpc) is 2.65. The third kappa shape index (κ3) is 4.31. The lowest BCUT2D eigenvalue weighted by Gasteiger charge is -2.18. The molecule has 2 amide bonds. The van der Waals surface area contributed by atoms with Crippen LogP contribution < -0.4 is 16.2 Å². The second-order valence-electron chi connectivity index (χ2n) is 6.62. The van der Waals surface area contributed by atoms with Crippen molar-refractivity contribution in [1.29, 1.82) is 0 Å². The number of carbonyl (C=O) groups is 1. The number of rotatable bonds is 5. The minimum atomic E-state index is -0.310. The van der Waals surface area contributed by atoms with Crippen molar-refractivity contribution < 1.29 is 4.79 Å². The van der Waals surface area contributed by atoms with Crippen molar-refractivity contribution in [2.45, 2.75) is 39.8 Å². The molecule has 3 rings (SSSR count). The number of hydrogen-bond acceptors (Lipinski definition) is 4. The van der Waals surface area contributed by atoms with Crippen LogP contribution in [0.4, 0.5) is 10.5 Å². The van der Waals surface area contributed by atoms with E-state index in [0.29, 0.717) is 17.3 Å². The van der Waals surface area contributed by atoms with Crippen LogP contribution in [0.25, 0.3) is 10.9 Å². The van der Waals surface area contributed by atoms with Gasteiger partial charge in [-0.2, -0.15) is 0 Å². The first-order chi connectivity index (χ1) is 13.0. The first kappa shape index (κ1) is 18.6. The van der Waals surface area contributed by atoms with E-state index in [2.05, 4.69) is 20.9 Å². The molecular formula is C20H23N5O2. The van der Waals surface area contributed by atoms with E-state index in [1.807, 2.05) is 45.0 Å². The number of amides is 2. The fourth-order valence-corrected chi connectivity index (χ4v) is 2.93. The third-order valence-corrected chi connectivity index (χ3v) is 4.48. The summed E-state index contributed by atoms with van der Waals surface area (Å²) in [6.45, 7) is 6.16. The van der Waals surface area contributed by atoms with Crippen LogP contribution in [0, 0.1) is 13.8 Å². The van der Waals surface area contributed by atoms with Gasteiger partial charge in [0, 0.05) is 5.69 Å². The van der Waals surface area contributed by atoms with E-state index in [-0.39, 0.29) is 24.2 Å². The largest absolute Gasteiger partial charge is 0.333 e. The second-order valence-corrected chi connectivity index (χ2v) is 6.62. The van der Waals surface area contributed by atoms with Crippen LogP contribution in [0.3, 0.4) is 0 Å². The molecule has 0 saturated carbocycles. The van der Waals surface area contributed by atoms with Crippen molar-refractivity contribution in [1.82, 2.24) is 20.3 Å². The predicted octanol–water partition coefficient (Wildman–Crippen LogP) is 3.01. The summed E-state index contributed by atoms with van der Waals surface area (Å²) in [7, 11) is 0. The monoisotopic (exact) mass is 365 g/mol. The Morgan fingerprint density at radius 3 is 2.70 bits per heavy atom. The highest BCUT2D eigenvalue weighted by Gasteiger charge is 2.14. The Labute approximate surface area is 157 Å². The molecule has 0 unspecified atom stereocenters. The van der Waals surface area contributed by atoms with Crippen LogP contribution in [0.5, 0.6) is 0 Å². The first-order valence-corrected chi connectivity index (χ1v) is 8.95. The Morgan fingerprint density at radius 2 is 1.96 bits per heavy atom. The van der Waals surface area contributed by atoms with Crippen molar-refractivity contribution >= 4 is 22.6 Å². The molecule has 7 nitrogen and oxygen atoms in total. The molecule has 2 N–H and O–H groups in total. The van der Waals surface area contributed by atoms with Gasteiger partial charge in [0.2, 0.25) is 0 Å². The molecule has 1 aromatic heterocycles. The number of urea groups is 1. The maximum absolute atomic E-state index is 12.6. The summed E-state index contributed by atoms with van der Waals surface area (Å²) < 4.78 is 1.30. The molecule has 1 heterocycles.